The lowest BCUT2D eigenvalue weighted by Crippen LogP contribution is -1.98. The van der Waals surface area contributed by atoms with Gasteiger partial charge in [-0.15, -0.1) is 12.6 Å². The lowest BCUT2D eigenvalue weighted by Gasteiger charge is -2.06. The molecule has 26 heavy (non-hydrogen) atoms. The van der Waals surface area contributed by atoms with Crippen LogP contribution in [0.1, 0.15) is 107 Å². The van der Waals surface area contributed by atoms with Crippen molar-refractivity contribution in [2.24, 2.45) is 0 Å². The number of hydrogen-bond acceptors (Lipinski definition) is 2. The molecule has 0 saturated carbocycles. The molecule has 1 rings (SSSR count). The van der Waals surface area contributed by atoms with Crippen LogP contribution in [-0.4, -0.2) is 11.7 Å². The van der Waals surface area contributed by atoms with E-state index >= 15 is 0 Å². The normalized spacial score (nSPS) is 10.8. The third-order valence-corrected chi connectivity index (χ3v) is 5.13. The lowest BCUT2D eigenvalue weighted by atomic mass is 10.0. The van der Waals surface area contributed by atoms with Gasteiger partial charge in [-0.25, -0.2) is 0 Å². The summed E-state index contributed by atoms with van der Waals surface area (Å²) in [6, 6.07) is 7.20. The summed E-state index contributed by atoms with van der Waals surface area (Å²) in [6.07, 6.45) is 19.1. The number of carbonyl (C=O) groups excluding carboxylic acids is 1. The maximum Gasteiger partial charge on any atom is 0.216 e. The molecule has 148 valence electrons. The molecule has 0 saturated heterocycles. The molecule has 0 bridgehead atoms. The topological polar surface area (TPSA) is 26.3 Å². The highest BCUT2D eigenvalue weighted by molar-refractivity contribution is 7.97. The van der Waals surface area contributed by atoms with E-state index in [-0.39, 0.29) is 5.12 Å². The zero-order chi connectivity index (χ0) is 18.9. The van der Waals surface area contributed by atoms with E-state index in [4.69, 9.17) is 4.74 Å². The molecule has 2 nitrogen and oxygen atoms in total. The van der Waals surface area contributed by atoms with E-state index in [1.807, 2.05) is 12.1 Å². The maximum absolute atomic E-state index is 11.1. The van der Waals surface area contributed by atoms with Crippen LogP contribution in [0.5, 0.6) is 5.75 Å². The fourth-order valence-electron chi connectivity index (χ4n) is 3.18. The molecule has 1 aromatic rings. The number of ether oxygens (including phenoxy) is 1. The second kappa shape index (κ2) is 16.2. The van der Waals surface area contributed by atoms with Crippen molar-refractivity contribution < 1.29 is 9.53 Å². The van der Waals surface area contributed by atoms with Crippen LogP contribution in [0.3, 0.4) is 0 Å². The van der Waals surface area contributed by atoms with Crippen molar-refractivity contribution in [3.8, 4) is 5.75 Å². The zero-order valence-electron chi connectivity index (χ0n) is 16.7. The first kappa shape index (κ1) is 23.1. The Balaban J connectivity index is 1.83. The summed E-state index contributed by atoms with van der Waals surface area (Å²) in [7, 11) is 0. The van der Waals surface area contributed by atoms with E-state index in [1.165, 1.54) is 83.5 Å². The van der Waals surface area contributed by atoms with Gasteiger partial charge in [-0.3, -0.25) is 4.79 Å². The molecule has 0 aliphatic carbocycles. The van der Waals surface area contributed by atoms with Crippen molar-refractivity contribution in [1.82, 2.24) is 0 Å². The quantitative estimate of drug-likeness (QED) is 0.223. The van der Waals surface area contributed by atoms with Crippen LogP contribution in [0.25, 0.3) is 0 Å². The summed E-state index contributed by atoms with van der Waals surface area (Å²) in [5.74, 6) is 0.832. The van der Waals surface area contributed by atoms with Crippen molar-refractivity contribution in [3.05, 3.63) is 29.8 Å². The van der Waals surface area contributed by atoms with E-state index in [9.17, 15) is 4.79 Å². The molecular formula is C23H38O2S. The predicted molar refractivity (Wildman–Crippen MR) is 116 cm³/mol. The number of rotatable bonds is 17. The highest BCUT2D eigenvalue weighted by Crippen LogP contribution is 2.15. The third-order valence-electron chi connectivity index (χ3n) is 4.87. The van der Waals surface area contributed by atoms with Crippen LogP contribution in [0, 0.1) is 0 Å². The number of benzene rings is 1. The van der Waals surface area contributed by atoms with Crippen LogP contribution in [0.15, 0.2) is 24.3 Å². The molecule has 0 amide bonds. The minimum Gasteiger partial charge on any atom is -0.494 e. The molecule has 0 unspecified atom stereocenters. The van der Waals surface area contributed by atoms with Crippen LogP contribution in [0.4, 0.5) is 0 Å². The standard InChI is InChI=1S/C23H38O2S/c1-2-3-4-5-6-7-8-9-10-11-12-13-14-15-20-25-22-18-16-21(17-19-22)23(24)26/h16-19H,2-15,20H2,1H3,(H,24,26). The summed E-state index contributed by atoms with van der Waals surface area (Å²) in [6.45, 7) is 3.03. The third kappa shape index (κ3) is 12.4. The van der Waals surface area contributed by atoms with E-state index < -0.39 is 0 Å². The Morgan fingerprint density at radius 2 is 1.15 bits per heavy atom. The van der Waals surface area contributed by atoms with Gasteiger partial charge in [0.1, 0.15) is 5.75 Å². The van der Waals surface area contributed by atoms with Gasteiger partial charge in [0.25, 0.3) is 0 Å². The first-order chi connectivity index (χ1) is 12.7. The molecule has 3 heteroatoms. The number of hydrogen-bond donors (Lipinski definition) is 1. The summed E-state index contributed by atoms with van der Waals surface area (Å²) < 4.78 is 5.71. The Labute approximate surface area is 166 Å². The van der Waals surface area contributed by atoms with Gasteiger partial charge in [0, 0.05) is 5.56 Å². The Morgan fingerprint density at radius 3 is 1.58 bits per heavy atom. The van der Waals surface area contributed by atoms with Crippen molar-refractivity contribution in [2.45, 2.75) is 96.8 Å². The molecule has 0 aliphatic rings. The van der Waals surface area contributed by atoms with E-state index in [0.29, 0.717) is 5.56 Å². The SMILES string of the molecule is CCCCCCCCCCCCCCCCOc1ccc(C(=O)S)cc1. The Hall–Kier alpha value is -0.960. The molecule has 0 aliphatic heterocycles. The Kier molecular flexibility index (Phi) is 14.4. The van der Waals surface area contributed by atoms with E-state index in [2.05, 4.69) is 19.6 Å². The van der Waals surface area contributed by atoms with Crippen LogP contribution < -0.4 is 4.74 Å². The van der Waals surface area contributed by atoms with Crippen molar-refractivity contribution in [1.29, 1.82) is 0 Å². The maximum atomic E-state index is 11.1. The number of carbonyl (C=O) groups is 1. The minimum atomic E-state index is -0.205. The van der Waals surface area contributed by atoms with E-state index in [0.717, 1.165) is 18.8 Å². The summed E-state index contributed by atoms with van der Waals surface area (Å²) >= 11 is 3.81. The van der Waals surface area contributed by atoms with Crippen LogP contribution in [0.2, 0.25) is 0 Å². The van der Waals surface area contributed by atoms with Gasteiger partial charge in [0.2, 0.25) is 5.12 Å². The van der Waals surface area contributed by atoms with Crippen LogP contribution in [-0.2, 0) is 0 Å². The number of unbranched alkanes of at least 4 members (excludes halogenated alkanes) is 13. The second-order valence-electron chi connectivity index (χ2n) is 7.27. The summed E-state index contributed by atoms with van der Waals surface area (Å²) in [5, 5.41) is -0.205. The predicted octanol–water partition coefficient (Wildman–Crippen LogP) is 7.62. The molecule has 0 fully saturated rings. The smallest absolute Gasteiger partial charge is 0.216 e. The zero-order valence-corrected chi connectivity index (χ0v) is 17.6. The molecule has 0 radical (unpaired) electrons. The minimum absolute atomic E-state index is 0.205. The molecule has 0 atom stereocenters. The monoisotopic (exact) mass is 378 g/mol. The molecule has 1 aromatic carbocycles. The van der Waals surface area contributed by atoms with Gasteiger partial charge in [0.15, 0.2) is 0 Å². The molecule has 0 aromatic heterocycles. The van der Waals surface area contributed by atoms with Gasteiger partial charge in [-0.2, -0.15) is 0 Å². The fraction of sp³-hybridized carbons (Fsp3) is 0.696. The lowest BCUT2D eigenvalue weighted by molar-refractivity contribution is 0.109. The van der Waals surface area contributed by atoms with Crippen LogP contribution >= 0.6 is 12.6 Å². The molecule has 0 heterocycles. The first-order valence-electron chi connectivity index (χ1n) is 10.7. The molecule has 0 N–H and O–H groups in total. The van der Waals surface area contributed by atoms with Crippen molar-refractivity contribution in [3.63, 3.8) is 0 Å². The second-order valence-corrected chi connectivity index (χ2v) is 7.68. The fourth-order valence-corrected chi connectivity index (χ4v) is 3.33. The molecule has 0 spiro atoms. The van der Waals surface area contributed by atoms with Gasteiger partial charge in [-0.1, -0.05) is 90.4 Å². The largest absolute Gasteiger partial charge is 0.494 e. The number of thiol groups is 1. The summed E-state index contributed by atoms with van der Waals surface area (Å²) in [5.41, 5.74) is 0.608. The van der Waals surface area contributed by atoms with E-state index in [1.54, 1.807) is 12.1 Å². The highest BCUT2D eigenvalue weighted by Gasteiger charge is 2.00. The van der Waals surface area contributed by atoms with Gasteiger partial charge in [-0.05, 0) is 30.7 Å². The average Bonchev–Trinajstić information content (AvgIpc) is 2.65. The van der Waals surface area contributed by atoms with Gasteiger partial charge >= 0.3 is 0 Å². The Bertz CT molecular complexity index is 456. The summed E-state index contributed by atoms with van der Waals surface area (Å²) in [4.78, 5) is 11.1. The van der Waals surface area contributed by atoms with Crippen molar-refractivity contribution >= 4 is 17.7 Å². The molecular weight excluding hydrogens is 340 g/mol. The van der Waals surface area contributed by atoms with Gasteiger partial charge in [0.05, 0.1) is 6.61 Å². The van der Waals surface area contributed by atoms with Gasteiger partial charge < -0.3 is 4.74 Å². The highest BCUT2D eigenvalue weighted by atomic mass is 32.1. The first-order valence-corrected chi connectivity index (χ1v) is 11.1. The Morgan fingerprint density at radius 1 is 0.731 bits per heavy atom. The van der Waals surface area contributed by atoms with Crippen molar-refractivity contribution in [2.75, 3.05) is 6.61 Å². The average molecular weight is 379 g/mol.